The molecule has 0 saturated carbocycles. The Morgan fingerprint density at radius 3 is 2.67 bits per heavy atom. The van der Waals surface area contributed by atoms with Crippen LogP contribution >= 0.6 is 22.6 Å². The molecule has 0 aliphatic rings. The minimum absolute atomic E-state index is 0.135. The minimum atomic E-state index is -0.936. The number of benzene rings is 1. The van der Waals surface area contributed by atoms with E-state index in [0.717, 1.165) is 9.13 Å². The molecule has 21 heavy (non-hydrogen) atoms. The second kappa shape index (κ2) is 6.66. The van der Waals surface area contributed by atoms with Crippen LogP contribution in [0.1, 0.15) is 21.6 Å². The van der Waals surface area contributed by atoms with Gasteiger partial charge in [0.15, 0.2) is 0 Å². The van der Waals surface area contributed by atoms with Gasteiger partial charge in [0.1, 0.15) is 0 Å². The summed E-state index contributed by atoms with van der Waals surface area (Å²) in [5.41, 5.74) is 2.63. The number of carbonyl (C=O) groups excluding carboxylic acids is 1. The molecule has 1 heterocycles. The molecule has 0 unspecified atom stereocenters. The van der Waals surface area contributed by atoms with Crippen molar-refractivity contribution in [2.45, 2.75) is 13.3 Å². The number of carbonyl (C=O) groups is 2. The van der Waals surface area contributed by atoms with Crippen molar-refractivity contribution in [3.05, 3.63) is 56.9 Å². The molecule has 2 N–H and O–H groups in total. The van der Waals surface area contributed by atoms with Crippen molar-refractivity contribution in [3.63, 3.8) is 0 Å². The number of halogens is 1. The fraction of sp³-hybridized carbons (Fsp3) is 0.133. The van der Waals surface area contributed by atoms with Gasteiger partial charge in [-0.2, -0.15) is 0 Å². The summed E-state index contributed by atoms with van der Waals surface area (Å²) in [6.07, 6.45) is 1.32. The molecule has 5 nitrogen and oxygen atoms in total. The smallest absolute Gasteiger partial charge is 0.309 e. The third-order valence-corrected chi connectivity index (χ3v) is 4.28. The van der Waals surface area contributed by atoms with Crippen LogP contribution in [0.15, 0.2) is 36.5 Å². The predicted octanol–water partition coefficient (Wildman–Crippen LogP) is 2.87. The summed E-state index contributed by atoms with van der Waals surface area (Å²) in [5, 5.41) is 11.4. The van der Waals surface area contributed by atoms with Gasteiger partial charge >= 0.3 is 5.97 Å². The van der Waals surface area contributed by atoms with Crippen LogP contribution in [0.2, 0.25) is 0 Å². The lowest BCUT2D eigenvalue weighted by Gasteiger charge is -2.08. The molecule has 1 aromatic carbocycles. The largest absolute Gasteiger partial charge is 0.481 e. The summed E-state index contributed by atoms with van der Waals surface area (Å²) < 4.78 is 0.906. The predicted molar refractivity (Wildman–Crippen MR) is 87.4 cm³/mol. The van der Waals surface area contributed by atoms with Crippen LogP contribution in [0.4, 0.5) is 5.69 Å². The summed E-state index contributed by atoms with van der Waals surface area (Å²) >= 11 is 2.14. The van der Waals surface area contributed by atoms with E-state index in [1.807, 2.05) is 19.1 Å². The maximum Gasteiger partial charge on any atom is 0.309 e. The van der Waals surface area contributed by atoms with E-state index in [-0.39, 0.29) is 12.3 Å². The summed E-state index contributed by atoms with van der Waals surface area (Å²) in [5.74, 6) is -1.15. The molecule has 1 aromatic heterocycles. The number of aromatic nitrogens is 1. The molecule has 0 spiro atoms. The number of amides is 1. The highest BCUT2D eigenvalue weighted by Crippen LogP contribution is 2.18. The number of carboxylic acids is 1. The van der Waals surface area contributed by atoms with E-state index in [4.69, 9.17) is 5.11 Å². The van der Waals surface area contributed by atoms with Crippen molar-refractivity contribution < 1.29 is 14.7 Å². The quantitative estimate of drug-likeness (QED) is 0.780. The van der Waals surface area contributed by atoms with Crippen LogP contribution in [0.3, 0.4) is 0 Å². The SMILES string of the molecule is Cc1cccc(C(=O)Nc2ccc(CC(=O)O)nc2)c1I. The third kappa shape index (κ3) is 4.01. The van der Waals surface area contributed by atoms with Gasteiger partial charge in [0, 0.05) is 3.57 Å². The molecule has 0 fully saturated rings. The number of nitrogens with one attached hydrogen (secondary N) is 1. The van der Waals surface area contributed by atoms with Crippen LogP contribution < -0.4 is 5.32 Å². The van der Waals surface area contributed by atoms with Crippen molar-refractivity contribution in [3.8, 4) is 0 Å². The van der Waals surface area contributed by atoms with E-state index in [9.17, 15) is 9.59 Å². The highest BCUT2D eigenvalue weighted by molar-refractivity contribution is 14.1. The second-order valence-electron chi connectivity index (χ2n) is 4.50. The number of anilines is 1. The zero-order valence-electron chi connectivity index (χ0n) is 11.3. The van der Waals surface area contributed by atoms with Crippen LogP contribution in [-0.4, -0.2) is 22.0 Å². The van der Waals surface area contributed by atoms with E-state index in [0.29, 0.717) is 16.9 Å². The Labute approximate surface area is 135 Å². The fourth-order valence-electron chi connectivity index (χ4n) is 1.78. The molecule has 0 radical (unpaired) electrons. The first-order valence-electron chi connectivity index (χ1n) is 6.20. The van der Waals surface area contributed by atoms with Crippen molar-refractivity contribution in [1.82, 2.24) is 4.98 Å². The second-order valence-corrected chi connectivity index (χ2v) is 5.58. The monoisotopic (exact) mass is 396 g/mol. The summed E-state index contributed by atoms with van der Waals surface area (Å²) in [6, 6.07) is 8.77. The average Bonchev–Trinajstić information content (AvgIpc) is 2.43. The lowest BCUT2D eigenvalue weighted by atomic mass is 10.1. The Morgan fingerprint density at radius 2 is 2.05 bits per heavy atom. The summed E-state index contributed by atoms with van der Waals surface area (Å²) in [7, 11) is 0. The Balaban J connectivity index is 2.12. The van der Waals surface area contributed by atoms with E-state index in [2.05, 4.69) is 32.9 Å². The third-order valence-electron chi connectivity index (χ3n) is 2.85. The molecule has 2 aromatic rings. The topological polar surface area (TPSA) is 79.3 Å². The van der Waals surface area contributed by atoms with Gasteiger partial charge < -0.3 is 10.4 Å². The van der Waals surface area contributed by atoms with Gasteiger partial charge in [0.25, 0.3) is 5.91 Å². The Kier molecular flexibility index (Phi) is 4.89. The number of nitrogens with zero attached hydrogens (tertiary/aromatic N) is 1. The highest BCUT2D eigenvalue weighted by atomic mass is 127. The highest BCUT2D eigenvalue weighted by Gasteiger charge is 2.11. The Morgan fingerprint density at radius 1 is 1.29 bits per heavy atom. The van der Waals surface area contributed by atoms with Crippen molar-refractivity contribution in [2.75, 3.05) is 5.32 Å². The first-order valence-corrected chi connectivity index (χ1v) is 7.28. The first-order chi connectivity index (χ1) is 9.97. The molecule has 0 aliphatic carbocycles. The zero-order valence-corrected chi connectivity index (χ0v) is 13.4. The molecular weight excluding hydrogens is 383 g/mol. The van der Waals surface area contributed by atoms with Gasteiger partial charge in [-0.15, -0.1) is 0 Å². The van der Waals surface area contributed by atoms with Gasteiger partial charge in [-0.05, 0) is 53.3 Å². The fourth-order valence-corrected chi connectivity index (χ4v) is 2.38. The number of carboxylic acid groups (broad SMARTS) is 1. The van der Waals surface area contributed by atoms with Crippen molar-refractivity contribution in [1.29, 1.82) is 0 Å². The molecule has 0 atom stereocenters. The van der Waals surface area contributed by atoms with Gasteiger partial charge in [0.05, 0.1) is 29.6 Å². The van der Waals surface area contributed by atoms with Crippen LogP contribution in [0.5, 0.6) is 0 Å². The van der Waals surface area contributed by atoms with Gasteiger partial charge in [-0.25, -0.2) is 0 Å². The van der Waals surface area contributed by atoms with Crippen LogP contribution in [0.25, 0.3) is 0 Å². The molecule has 108 valence electrons. The van der Waals surface area contributed by atoms with Crippen LogP contribution in [-0.2, 0) is 11.2 Å². The van der Waals surface area contributed by atoms with Crippen molar-refractivity contribution >= 4 is 40.2 Å². The van der Waals surface area contributed by atoms with Gasteiger partial charge in [0.2, 0.25) is 0 Å². The summed E-state index contributed by atoms with van der Waals surface area (Å²) in [6.45, 7) is 1.95. The van der Waals surface area contributed by atoms with Gasteiger partial charge in [-0.1, -0.05) is 12.1 Å². The lowest BCUT2D eigenvalue weighted by Crippen LogP contribution is -2.14. The molecule has 6 heteroatoms. The molecular formula is C15H13IN2O3. The molecule has 0 bridgehead atoms. The van der Waals surface area contributed by atoms with E-state index in [1.54, 1.807) is 18.2 Å². The molecule has 2 rings (SSSR count). The summed E-state index contributed by atoms with van der Waals surface area (Å²) in [4.78, 5) is 26.8. The number of aliphatic carboxylic acids is 1. The Bertz CT molecular complexity index is 684. The van der Waals surface area contributed by atoms with Crippen LogP contribution in [0, 0.1) is 10.5 Å². The number of hydrogen-bond acceptors (Lipinski definition) is 3. The molecule has 1 amide bonds. The Hall–Kier alpha value is -1.96. The maximum absolute atomic E-state index is 12.2. The normalized spacial score (nSPS) is 10.2. The van der Waals surface area contributed by atoms with E-state index < -0.39 is 5.97 Å². The molecule has 0 saturated heterocycles. The average molecular weight is 396 g/mol. The molecule has 0 aliphatic heterocycles. The lowest BCUT2D eigenvalue weighted by molar-refractivity contribution is -0.136. The number of pyridine rings is 1. The van der Waals surface area contributed by atoms with E-state index >= 15 is 0 Å². The number of rotatable bonds is 4. The van der Waals surface area contributed by atoms with Crippen molar-refractivity contribution in [2.24, 2.45) is 0 Å². The number of aryl methyl sites for hydroxylation is 1. The first kappa shape index (κ1) is 15.4. The van der Waals surface area contributed by atoms with E-state index in [1.165, 1.54) is 6.20 Å². The standard InChI is InChI=1S/C15H13IN2O3/c1-9-3-2-4-12(14(9)16)15(21)18-11-6-5-10(17-8-11)7-13(19)20/h2-6,8H,7H2,1H3,(H,18,21)(H,19,20). The maximum atomic E-state index is 12.2. The van der Waals surface area contributed by atoms with Gasteiger partial charge in [-0.3, -0.25) is 14.6 Å². The zero-order chi connectivity index (χ0) is 15.4. The minimum Gasteiger partial charge on any atom is -0.481 e. The number of hydrogen-bond donors (Lipinski definition) is 2.